The monoisotopic (exact) mass is 295 g/mol. The first kappa shape index (κ1) is 14.5. The fourth-order valence-corrected chi connectivity index (χ4v) is 4.04. The largest absolute Gasteiger partial charge is 0.299 e. The number of carbonyl (C=O) groups excluding carboxylic acids is 3. The molecule has 0 amide bonds. The topological polar surface area (TPSA) is 88.6 Å². The summed E-state index contributed by atoms with van der Waals surface area (Å²) in [5, 5.41) is 0. The van der Waals surface area contributed by atoms with Gasteiger partial charge in [0, 0.05) is 5.56 Å². The second-order valence-corrected chi connectivity index (χ2v) is 6.48. The van der Waals surface area contributed by atoms with Crippen molar-refractivity contribution in [3.8, 4) is 0 Å². The lowest BCUT2D eigenvalue weighted by atomic mass is 10.0. The van der Waals surface area contributed by atoms with Crippen molar-refractivity contribution in [2.75, 3.05) is 6.54 Å². The Morgan fingerprint density at radius 2 is 1.80 bits per heavy atom. The Bertz CT molecular complexity index is 707. The van der Waals surface area contributed by atoms with E-state index in [1.54, 1.807) is 0 Å². The highest BCUT2D eigenvalue weighted by Crippen LogP contribution is 2.30. The van der Waals surface area contributed by atoms with Gasteiger partial charge in [0.05, 0.1) is 11.4 Å². The number of nitrogens with zero attached hydrogens (tertiary/aromatic N) is 1. The smallest absolute Gasteiger partial charge is 0.245 e. The molecule has 0 bridgehead atoms. The third kappa shape index (κ3) is 2.19. The highest BCUT2D eigenvalue weighted by Gasteiger charge is 2.46. The van der Waals surface area contributed by atoms with Crippen molar-refractivity contribution in [3.63, 3.8) is 0 Å². The van der Waals surface area contributed by atoms with Gasteiger partial charge in [-0.05, 0) is 26.0 Å². The van der Waals surface area contributed by atoms with E-state index in [9.17, 15) is 22.8 Å². The maximum Gasteiger partial charge on any atom is 0.245 e. The second kappa shape index (κ2) is 4.92. The van der Waals surface area contributed by atoms with E-state index < -0.39 is 40.0 Å². The van der Waals surface area contributed by atoms with Crippen LogP contribution in [0.2, 0.25) is 0 Å². The molecule has 20 heavy (non-hydrogen) atoms. The van der Waals surface area contributed by atoms with E-state index in [0.717, 1.165) is 6.92 Å². The molecule has 2 rings (SSSR count). The van der Waals surface area contributed by atoms with Crippen molar-refractivity contribution in [1.82, 2.24) is 4.31 Å². The summed E-state index contributed by atoms with van der Waals surface area (Å²) in [6.07, 6.45) is 0. The maximum absolute atomic E-state index is 12.5. The number of fused-ring (bicyclic) bond motifs is 1. The molecule has 0 aromatic heterocycles. The van der Waals surface area contributed by atoms with Crippen LogP contribution in [-0.2, 0) is 19.6 Å². The lowest BCUT2D eigenvalue weighted by molar-refractivity contribution is -0.121. The van der Waals surface area contributed by atoms with Crippen LogP contribution >= 0.6 is 0 Å². The molecule has 0 spiro atoms. The third-order valence-electron chi connectivity index (χ3n) is 3.04. The molecule has 0 fully saturated rings. The predicted molar refractivity (Wildman–Crippen MR) is 69.8 cm³/mol. The van der Waals surface area contributed by atoms with Crippen LogP contribution < -0.4 is 0 Å². The van der Waals surface area contributed by atoms with E-state index >= 15 is 0 Å². The summed E-state index contributed by atoms with van der Waals surface area (Å²) >= 11 is 0. The second-order valence-electron chi connectivity index (χ2n) is 4.63. The van der Waals surface area contributed by atoms with Crippen LogP contribution in [0.5, 0.6) is 0 Å². The number of hydrogen-bond donors (Lipinski definition) is 0. The van der Waals surface area contributed by atoms with E-state index in [0.29, 0.717) is 4.31 Å². The van der Waals surface area contributed by atoms with Gasteiger partial charge >= 0.3 is 0 Å². The molecule has 0 unspecified atom stereocenters. The molecule has 0 N–H and O–H groups in total. The highest BCUT2D eigenvalue weighted by atomic mass is 32.2. The van der Waals surface area contributed by atoms with Crippen molar-refractivity contribution in [1.29, 1.82) is 0 Å². The fraction of sp³-hybridized carbons (Fsp3) is 0.308. The molecule has 0 saturated carbocycles. The minimum atomic E-state index is -4.03. The third-order valence-corrected chi connectivity index (χ3v) is 4.91. The molecular formula is C13H13NO5S. The summed E-state index contributed by atoms with van der Waals surface area (Å²) in [4.78, 5) is 35.1. The predicted octanol–water partition coefficient (Wildman–Crippen LogP) is 0.420. The van der Waals surface area contributed by atoms with Gasteiger partial charge in [0.15, 0.2) is 11.6 Å². The van der Waals surface area contributed by atoms with Crippen molar-refractivity contribution in [2.24, 2.45) is 0 Å². The lowest BCUT2D eigenvalue weighted by Gasteiger charge is -2.32. The van der Waals surface area contributed by atoms with Crippen LogP contribution in [0.15, 0.2) is 29.2 Å². The average Bonchev–Trinajstić information content (AvgIpc) is 2.35. The summed E-state index contributed by atoms with van der Waals surface area (Å²) < 4.78 is 25.6. The maximum atomic E-state index is 12.5. The first-order valence-corrected chi connectivity index (χ1v) is 7.36. The van der Waals surface area contributed by atoms with Gasteiger partial charge in [-0.2, -0.15) is 4.31 Å². The van der Waals surface area contributed by atoms with Crippen LogP contribution in [0.25, 0.3) is 0 Å². The summed E-state index contributed by atoms with van der Waals surface area (Å²) in [7, 11) is -4.03. The van der Waals surface area contributed by atoms with Gasteiger partial charge in [-0.3, -0.25) is 14.4 Å². The van der Waals surface area contributed by atoms with Crippen LogP contribution in [0.4, 0.5) is 0 Å². The fourth-order valence-electron chi connectivity index (χ4n) is 2.22. The van der Waals surface area contributed by atoms with Gasteiger partial charge in [-0.1, -0.05) is 12.1 Å². The number of rotatable bonds is 3. The molecule has 6 nitrogen and oxygen atoms in total. The number of Topliss-reactive ketones (excluding diaryl/α,β-unsaturated/α-hetero) is 3. The van der Waals surface area contributed by atoms with Gasteiger partial charge in [-0.25, -0.2) is 8.42 Å². The molecular weight excluding hydrogens is 282 g/mol. The zero-order valence-corrected chi connectivity index (χ0v) is 11.8. The Morgan fingerprint density at radius 1 is 1.20 bits per heavy atom. The van der Waals surface area contributed by atoms with Crippen LogP contribution in [0.3, 0.4) is 0 Å². The minimum Gasteiger partial charge on any atom is -0.299 e. The molecule has 0 radical (unpaired) electrons. The number of hydrogen-bond acceptors (Lipinski definition) is 5. The van der Waals surface area contributed by atoms with E-state index in [2.05, 4.69) is 0 Å². The van der Waals surface area contributed by atoms with E-state index in [4.69, 9.17) is 0 Å². The molecule has 1 aliphatic rings. The molecule has 1 aliphatic heterocycles. The Labute approximate surface area is 116 Å². The average molecular weight is 295 g/mol. The van der Waals surface area contributed by atoms with Crippen molar-refractivity contribution in [3.05, 3.63) is 29.8 Å². The summed E-state index contributed by atoms with van der Waals surface area (Å²) in [6, 6.07) is 4.23. The summed E-state index contributed by atoms with van der Waals surface area (Å²) in [5.74, 6) is -1.63. The highest BCUT2D eigenvalue weighted by molar-refractivity contribution is 7.89. The Kier molecular flexibility index (Phi) is 3.58. The Balaban J connectivity index is 2.71. The molecule has 106 valence electrons. The zero-order valence-electron chi connectivity index (χ0n) is 11.0. The zero-order chi connectivity index (χ0) is 15.1. The molecule has 7 heteroatoms. The molecule has 0 saturated heterocycles. The van der Waals surface area contributed by atoms with Gasteiger partial charge in [0.2, 0.25) is 10.0 Å². The van der Waals surface area contributed by atoms with Crippen molar-refractivity contribution >= 4 is 27.4 Å². The lowest BCUT2D eigenvalue weighted by Crippen LogP contribution is -2.54. The van der Waals surface area contributed by atoms with Crippen LogP contribution in [0.1, 0.15) is 24.2 Å². The van der Waals surface area contributed by atoms with E-state index in [-0.39, 0.29) is 10.5 Å². The van der Waals surface area contributed by atoms with Crippen LogP contribution in [-0.4, -0.2) is 42.7 Å². The molecule has 1 aromatic rings. The molecule has 1 atom stereocenters. The standard InChI is InChI=1S/C13H13NO5S/c1-8(15)7-14-12(9(2)16)13(17)10-5-3-4-6-11(10)20(14,18)19/h3-6,12H,7H2,1-2H3/t12-/m1/s1. The normalized spacial score (nSPS) is 21.3. The summed E-state index contributed by atoms with van der Waals surface area (Å²) in [6.45, 7) is 1.85. The molecule has 1 heterocycles. The Morgan fingerprint density at radius 3 is 2.35 bits per heavy atom. The first-order valence-electron chi connectivity index (χ1n) is 5.92. The Hall–Kier alpha value is -1.86. The van der Waals surface area contributed by atoms with E-state index in [1.165, 1.54) is 31.2 Å². The SMILES string of the molecule is CC(=O)CN1[C@H](C(C)=O)C(=O)c2ccccc2S1(=O)=O. The van der Waals surface area contributed by atoms with E-state index in [1.807, 2.05) is 0 Å². The number of carbonyl (C=O) groups is 3. The first-order chi connectivity index (χ1) is 9.26. The van der Waals surface area contributed by atoms with Gasteiger partial charge in [0.1, 0.15) is 11.8 Å². The van der Waals surface area contributed by atoms with Gasteiger partial charge in [0.25, 0.3) is 0 Å². The quantitative estimate of drug-likeness (QED) is 0.754. The number of benzene rings is 1. The van der Waals surface area contributed by atoms with Crippen molar-refractivity contribution in [2.45, 2.75) is 24.8 Å². The van der Waals surface area contributed by atoms with Gasteiger partial charge < -0.3 is 0 Å². The van der Waals surface area contributed by atoms with Crippen molar-refractivity contribution < 1.29 is 22.8 Å². The molecule has 1 aromatic carbocycles. The minimum absolute atomic E-state index is 0.00694. The number of ketones is 3. The van der Waals surface area contributed by atoms with Crippen LogP contribution in [0, 0.1) is 0 Å². The van der Waals surface area contributed by atoms with Gasteiger partial charge in [-0.15, -0.1) is 0 Å². The number of sulfonamides is 1. The molecule has 0 aliphatic carbocycles. The summed E-state index contributed by atoms with van der Waals surface area (Å²) in [5.41, 5.74) is -0.00694.